The molecule has 0 radical (unpaired) electrons. The zero-order chi connectivity index (χ0) is 24.4. The van der Waals surface area contributed by atoms with Gasteiger partial charge in [-0.2, -0.15) is 0 Å². The highest BCUT2D eigenvalue weighted by Gasteiger charge is 2.09. The monoisotopic (exact) mass is 465 g/mol. The van der Waals surface area contributed by atoms with Gasteiger partial charge >= 0.3 is 5.97 Å². The minimum Gasteiger partial charge on any atom is -0.481 e. The van der Waals surface area contributed by atoms with E-state index in [2.05, 4.69) is 38.1 Å². The van der Waals surface area contributed by atoms with E-state index >= 15 is 0 Å². The Labute approximate surface area is 207 Å². The predicted molar refractivity (Wildman–Crippen MR) is 146 cm³/mol. The second-order valence-electron chi connectivity index (χ2n) is 10.6. The lowest BCUT2D eigenvalue weighted by atomic mass is 9.94. The molecule has 1 N–H and O–H groups in total. The van der Waals surface area contributed by atoms with Crippen LogP contribution in [0.2, 0.25) is 0 Å². The molecular formula is C30H59NO2. The molecule has 0 bridgehead atoms. The van der Waals surface area contributed by atoms with E-state index in [0.29, 0.717) is 6.42 Å². The second-order valence-corrected chi connectivity index (χ2v) is 10.6. The van der Waals surface area contributed by atoms with E-state index in [1.165, 1.54) is 129 Å². The van der Waals surface area contributed by atoms with Crippen LogP contribution in [0.5, 0.6) is 0 Å². The van der Waals surface area contributed by atoms with Crippen molar-refractivity contribution in [2.45, 2.75) is 148 Å². The molecule has 0 aromatic carbocycles. The molecule has 0 aliphatic carbocycles. The van der Waals surface area contributed by atoms with Gasteiger partial charge in [0.05, 0.1) is 0 Å². The second kappa shape index (κ2) is 25.8. The van der Waals surface area contributed by atoms with Crippen LogP contribution in [-0.2, 0) is 4.79 Å². The predicted octanol–water partition coefficient (Wildman–Crippen LogP) is 9.41. The number of carboxylic acids is 1. The summed E-state index contributed by atoms with van der Waals surface area (Å²) in [7, 11) is 4.45. The summed E-state index contributed by atoms with van der Waals surface area (Å²) >= 11 is 0. The normalized spacial score (nSPS) is 12.7. The number of unbranched alkanes of at least 4 members (excludes halogenated alkanes) is 16. The average molecular weight is 466 g/mol. The van der Waals surface area contributed by atoms with Crippen molar-refractivity contribution in [1.29, 1.82) is 0 Å². The lowest BCUT2D eigenvalue weighted by Gasteiger charge is -2.21. The molecule has 3 heteroatoms. The molecule has 1 unspecified atom stereocenters. The van der Waals surface area contributed by atoms with E-state index in [1.54, 1.807) is 0 Å². The van der Waals surface area contributed by atoms with Crippen LogP contribution in [-0.4, -0.2) is 36.6 Å². The Morgan fingerprint density at radius 2 is 1.09 bits per heavy atom. The first kappa shape index (κ1) is 32.2. The van der Waals surface area contributed by atoms with Crippen molar-refractivity contribution in [3.63, 3.8) is 0 Å². The van der Waals surface area contributed by atoms with Crippen LogP contribution >= 0.6 is 0 Å². The number of aliphatic carboxylic acids is 1. The smallest absolute Gasteiger partial charge is 0.303 e. The zero-order valence-corrected chi connectivity index (χ0v) is 22.8. The van der Waals surface area contributed by atoms with Crippen molar-refractivity contribution in [2.75, 3.05) is 20.6 Å². The van der Waals surface area contributed by atoms with E-state index < -0.39 is 5.97 Å². The highest BCUT2D eigenvalue weighted by molar-refractivity contribution is 5.66. The molecule has 0 aliphatic rings. The van der Waals surface area contributed by atoms with E-state index in [4.69, 9.17) is 5.11 Å². The number of carbonyl (C=O) groups is 1. The van der Waals surface area contributed by atoms with Gasteiger partial charge in [-0.05, 0) is 65.0 Å². The van der Waals surface area contributed by atoms with Gasteiger partial charge in [-0.15, -0.1) is 0 Å². The van der Waals surface area contributed by atoms with Gasteiger partial charge < -0.3 is 10.0 Å². The molecule has 0 aliphatic heterocycles. The maximum Gasteiger partial charge on any atom is 0.303 e. The Kier molecular flexibility index (Phi) is 25.1. The highest BCUT2D eigenvalue weighted by atomic mass is 16.4. The SMILES string of the molecule is CCCCCCC(CCCCCCCCCCC=CCCCCCCCC(=O)O)CN(C)C. The number of rotatable bonds is 26. The highest BCUT2D eigenvalue weighted by Crippen LogP contribution is 2.20. The molecule has 0 heterocycles. The average Bonchev–Trinajstić information content (AvgIpc) is 2.77. The molecule has 0 rings (SSSR count). The van der Waals surface area contributed by atoms with Gasteiger partial charge in [-0.3, -0.25) is 4.79 Å². The number of hydrogen-bond donors (Lipinski definition) is 1. The number of carboxylic acid groups (broad SMARTS) is 1. The summed E-state index contributed by atoms with van der Waals surface area (Å²) in [5.74, 6) is 0.249. The fourth-order valence-corrected chi connectivity index (χ4v) is 4.76. The van der Waals surface area contributed by atoms with Crippen LogP contribution in [0.15, 0.2) is 12.2 Å². The van der Waals surface area contributed by atoms with E-state index in [0.717, 1.165) is 18.8 Å². The molecule has 0 aromatic rings. The van der Waals surface area contributed by atoms with Gasteiger partial charge in [0.1, 0.15) is 0 Å². The van der Waals surface area contributed by atoms with Crippen LogP contribution in [0.3, 0.4) is 0 Å². The maximum absolute atomic E-state index is 10.4. The van der Waals surface area contributed by atoms with Crippen molar-refractivity contribution < 1.29 is 9.90 Å². The Morgan fingerprint density at radius 3 is 1.55 bits per heavy atom. The minimum absolute atomic E-state index is 0.330. The third-order valence-corrected chi connectivity index (χ3v) is 6.75. The molecular weight excluding hydrogens is 406 g/mol. The first-order chi connectivity index (χ1) is 16.1. The first-order valence-electron chi connectivity index (χ1n) is 14.6. The van der Waals surface area contributed by atoms with E-state index in [9.17, 15) is 4.79 Å². The quantitative estimate of drug-likeness (QED) is 0.102. The Morgan fingerprint density at radius 1 is 0.667 bits per heavy atom. The Bertz CT molecular complexity index is 433. The summed E-state index contributed by atoms with van der Waals surface area (Å²) in [5.41, 5.74) is 0. The fraction of sp³-hybridized carbons (Fsp3) is 0.900. The van der Waals surface area contributed by atoms with Crippen LogP contribution in [0.1, 0.15) is 148 Å². The number of nitrogens with zero attached hydrogens (tertiary/aromatic N) is 1. The molecule has 1 atom stereocenters. The van der Waals surface area contributed by atoms with Gasteiger partial charge in [-0.25, -0.2) is 0 Å². The lowest BCUT2D eigenvalue weighted by molar-refractivity contribution is -0.137. The van der Waals surface area contributed by atoms with Crippen molar-refractivity contribution >= 4 is 5.97 Å². The van der Waals surface area contributed by atoms with Crippen molar-refractivity contribution in [3.8, 4) is 0 Å². The van der Waals surface area contributed by atoms with E-state index in [1.807, 2.05) is 0 Å². The fourth-order valence-electron chi connectivity index (χ4n) is 4.76. The number of hydrogen-bond acceptors (Lipinski definition) is 2. The van der Waals surface area contributed by atoms with Crippen LogP contribution in [0.25, 0.3) is 0 Å². The Hall–Kier alpha value is -0.830. The molecule has 0 amide bonds. The minimum atomic E-state index is -0.661. The molecule has 33 heavy (non-hydrogen) atoms. The summed E-state index contributed by atoms with van der Waals surface area (Å²) in [6.07, 6.45) is 32.8. The maximum atomic E-state index is 10.4. The number of allylic oxidation sites excluding steroid dienone is 2. The molecule has 0 aromatic heterocycles. The summed E-state index contributed by atoms with van der Waals surface area (Å²) in [5, 5.41) is 8.61. The van der Waals surface area contributed by atoms with Crippen LogP contribution < -0.4 is 0 Å². The van der Waals surface area contributed by atoms with Crippen molar-refractivity contribution in [2.24, 2.45) is 5.92 Å². The first-order valence-corrected chi connectivity index (χ1v) is 14.6. The van der Waals surface area contributed by atoms with E-state index in [-0.39, 0.29) is 0 Å². The lowest BCUT2D eigenvalue weighted by Crippen LogP contribution is -2.21. The summed E-state index contributed by atoms with van der Waals surface area (Å²) in [6.45, 7) is 3.57. The molecule has 196 valence electrons. The molecule has 0 saturated carbocycles. The standard InChI is InChI=1S/C30H59NO2/c1-4-5-6-22-25-29(28-31(2)3)26-23-20-18-16-14-12-10-8-7-9-11-13-15-17-19-21-24-27-30(32)33/h9,11,29H,4-8,10,12-28H2,1-3H3,(H,32,33). The summed E-state index contributed by atoms with van der Waals surface area (Å²) < 4.78 is 0. The van der Waals surface area contributed by atoms with Crippen molar-refractivity contribution in [1.82, 2.24) is 4.90 Å². The van der Waals surface area contributed by atoms with Gasteiger partial charge in [0.2, 0.25) is 0 Å². The van der Waals surface area contributed by atoms with Crippen LogP contribution in [0, 0.1) is 5.92 Å². The summed E-state index contributed by atoms with van der Waals surface area (Å²) in [4.78, 5) is 12.8. The van der Waals surface area contributed by atoms with Crippen LogP contribution in [0.4, 0.5) is 0 Å². The van der Waals surface area contributed by atoms with Crippen molar-refractivity contribution in [3.05, 3.63) is 12.2 Å². The summed E-state index contributed by atoms with van der Waals surface area (Å²) in [6, 6.07) is 0. The zero-order valence-electron chi connectivity index (χ0n) is 22.8. The van der Waals surface area contributed by atoms with Gasteiger partial charge in [0.15, 0.2) is 0 Å². The third kappa shape index (κ3) is 27.3. The molecule has 0 fully saturated rings. The van der Waals surface area contributed by atoms with Gasteiger partial charge in [0.25, 0.3) is 0 Å². The topological polar surface area (TPSA) is 40.5 Å². The Balaban J connectivity index is 3.40. The molecule has 3 nitrogen and oxygen atoms in total. The van der Waals surface area contributed by atoms with Gasteiger partial charge in [0, 0.05) is 13.0 Å². The largest absolute Gasteiger partial charge is 0.481 e. The third-order valence-electron chi connectivity index (χ3n) is 6.75. The van der Waals surface area contributed by atoms with Gasteiger partial charge in [-0.1, -0.05) is 109 Å². The molecule has 0 saturated heterocycles. The molecule has 0 spiro atoms.